The summed E-state index contributed by atoms with van der Waals surface area (Å²) in [7, 11) is 0. The third-order valence-electron chi connectivity index (χ3n) is 9.97. The zero-order valence-electron chi connectivity index (χ0n) is 14.8. The Kier molecular flexibility index (Phi) is 2.18. The molecule has 21 heavy (non-hydrogen) atoms. The van der Waals surface area contributed by atoms with Crippen LogP contribution in [0.4, 0.5) is 0 Å². The van der Waals surface area contributed by atoms with Crippen molar-refractivity contribution in [2.45, 2.75) is 79.6 Å². The minimum absolute atomic E-state index is 0.705. The average molecular weight is 287 g/mol. The molecule has 5 unspecified atom stereocenters. The van der Waals surface area contributed by atoms with E-state index in [0.717, 1.165) is 40.4 Å². The van der Waals surface area contributed by atoms with Gasteiger partial charge >= 0.3 is 0 Å². The van der Waals surface area contributed by atoms with Gasteiger partial charge in [0, 0.05) is 0 Å². The van der Waals surface area contributed by atoms with Crippen molar-refractivity contribution in [3.05, 3.63) is 0 Å². The molecule has 0 heterocycles. The molecular formula is C21H34. The Hall–Kier alpha value is 0. The number of hydrogen-bond donors (Lipinski definition) is 0. The predicted molar refractivity (Wildman–Crippen MR) is 87.9 cm³/mol. The van der Waals surface area contributed by atoms with Gasteiger partial charge in [-0.15, -0.1) is 0 Å². The van der Waals surface area contributed by atoms with Crippen molar-refractivity contribution in [1.29, 1.82) is 0 Å². The highest BCUT2D eigenvalue weighted by atomic mass is 14.8. The van der Waals surface area contributed by atoms with Crippen molar-refractivity contribution >= 4 is 0 Å². The lowest BCUT2D eigenvalue weighted by Gasteiger charge is -2.83. The fourth-order valence-electron chi connectivity index (χ4n) is 9.68. The molecule has 0 aliphatic heterocycles. The van der Waals surface area contributed by atoms with E-state index >= 15 is 0 Å². The quantitative estimate of drug-likeness (QED) is 0.592. The van der Waals surface area contributed by atoms with Crippen molar-refractivity contribution in [1.82, 2.24) is 0 Å². The van der Waals surface area contributed by atoms with E-state index in [-0.39, 0.29) is 0 Å². The summed E-state index contributed by atoms with van der Waals surface area (Å²) in [5, 5.41) is 0. The Bertz CT molecular complexity index is 476. The van der Waals surface area contributed by atoms with E-state index in [1.165, 1.54) is 6.42 Å². The van der Waals surface area contributed by atoms with Crippen LogP contribution in [0.3, 0.4) is 0 Å². The molecule has 0 aromatic carbocycles. The summed E-state index contributed by atoms with van der Waals surface area (Å²) < 4.78 is 0. The average Bonchev–Trinajstić information content (AvgIpc) is 2.41. The number of hydrogen-bond acceptors (Lipinski definition) is 0. The van der Waals surface area contributed by atoms with E-state index in [9.17, 15) is 0 Å². The van der Waals surface area contributed by atoms with E-state index in [1.54, 1.807) is 38.5 Å². The summed E-state index contributed by atoms with van der Waals surface area (Å²) >= 11 is 0. The molecule has 0 aromatic rings. The molecule has 0 aromatic heterocycles. The smallest absolute Gasteiger partial charge is 0.0204 e. The van der Waals surface area contributed by atoms with Gasteiger partial charge in [-0.1, -0.05) is 41.0 Å². The van der Waals surface area contributed by atoms with Crippen LogP contribution in [-0.2, 0) is 0 Å². The van der Waals surface area contributed by atoms with Crippen LogP contribution in [0, 0.1) is 51.2 Å². The minimum Gasteiger partial charge on any atom is -0.0651 e. The highest BCUT2D eigenvalue weighted by Crippen LogP contribution is 2.85. The highest BCUT2D eigenvalue weighted by molar-refractivity contribution is 5.26. The first kappa shape index (κ1) is 13.4. The molecular weight excluding hydrogens is 252 g/mol. The highest BCUT2D eigenvalue weighted by Gasteiger charge is 2.78. The minimum atomic E-state index is 0.705. The lowest BCUT2D eigenvalue weighted by atomic mass is 9.22. The van der Waals surface area contributed by atoms with Crippen molar-refractivity contribution < 1.29 is 0 Å². The largest absolute Gasteiger partial charge is 0.0651 e. The first-order chi connectivity index (χ1) is 9.76. The lowest BCUT2D eigenvalue weighted by Crippen LogP contribution is -2.76. The van der Waals surface area contributed by atoms with Gasteiger partial charge in [-0.25, -0.2) is 0 Å². The van der Waals surface area contributed by atoms with E-state index in [0.29, 0.717) is 10.8 Å². The first-order valence-electron chi connectivity index (χ1n) is 9.76. The zero-order chi connectivity index (χ0) is 14.8. The SMILES string of the molecule is CCC(C)C12CC3(C)CC4C1CC1(C)CC2C(C3)C4(C)C1. The second kappa shape index (κ2) is 3.41. The predicted octanol–water partition coefficient (Wildman–Crippen LogP) is 5.91. The molecule has 0 radical (unpaired) electrons. The van der Waals surface area contributed by atoms with Crippen LogP contribution in [-0.4, -0.2) is 0 Å². The van der Waals surface area contributed by atoms with Gasteiger partial charge in [-0.05, 0) is 89.8 Å². The summed E-state index contributed by atoms with van der Waals surface area (Å²) in [4.78, 5) is 0. The Morgan fingerprint density at radius 1 is 0.810 bits per heavy atom. The third-order valence-corrected chi connectivity index (χ3v) is 9.97. The van der Waals surface area contributed by atoms with Crippen molar-refractivity contribution in [3.8, 4) is 0 Å². The molecule has 0 spiro atoms. The molecule has 0 nitrogen and oxygen atoms in total. The van der Waals surface area contributed by atoms with Gasteiger partial charge in [0.25, 0.3) is 0 Å². The molecule has 0 saturated heterocycles. The summed E-state index contributed by atoms with van der Waals surface area (Å²) in [5.74, 6) is 5.28. The van der Waals surface area contributed by atoms with E-state index in [4.69, 9.17) is 0 Å². The lowest BCUT2D eigenvalue weighted by molar-refractivity contribution is -0.342. The van der Waals surface area contributed by atoms with E-state index < -0.39 is 0 Å². The maximum absolute atomic E-state index is 2.73. The van der Waals surface area contributed by atoms with Crippen molar-refractivity contribution in [2.75, 3.05) is 0 Å². The van der Waals surface area contributed by atoms with Crippen LogP contribution in [0.5, 0.6) is 0 Å². The van der Waals surface area contributed by atoms with Crippen LogP contribution in [0.25, 0.3) is 0 Å². The van der Waals surface area contributed by atoms with Gasteiger partial charge in [-0.2, -0.15) is 0 Å². The normalized spacial score (nSPS) is 67.9. The van der Waals surface area contributed by atoms with Gasteiger partial charge in [0.2, 0.25) is 0 Å². The van der Waals surface area contributed by atoms with Gasteiger partial charge in [0.15, 0.2) is 0 Å². The van der Waals surface area contributed by atoms with Gasteiger partial charge < -0.3 is 0 Å². The Balaban J connectivity index is 1.73. The second-order valence-electron chi connectivity index (χ2n) is 11.1. The van der Waals surface area contributed by atoms with Gasteiger partial charge in [-0.3, -0.25) is 0 Å². The molecule has 0 amide bonds. The Labute approximate surface area is 131 Å². The molecule has 0 N–H and O–H groups in total. The molecule has 8 bridgehead atoms. The number of rotatable bonds is 2. The van der Waals surface area contributed by atoms with Crippen molar-refractivity contribution in [3.63, 3.8) is 0 Å². The topological polar surface area (TPSA) is 0 Å². The van der Waals surface area contributed by atoms with Crippen molar-refractivity contribution in [2.24, 2.45) is 51.2 Å². The fraction of sp³-hybridized carbons (Fsp3) is 1.00. The monoisotopic (exact) mass is 286 g/mol. The first-order valence-corrected chi connectivity index (χ1v) is 9.76. The molecule has 5 atom stereocenters. The van der Waals surface area contributed by atoms with Crippen LogP contribution in [0.1, 0.15) is 79.6 Å². The molecule has 118 valence electrons. The molecule has 7 aliphatic carbocycles. The summed E-state index contributed by atoms with van der Waals surface area (Å²) in [5.41, 5.74) is 2.88. The molecule has 7 saturated carbocycles. The molecule has 7 fully saturated rings. The summed E-state index contributed by atoms with van der Waals surface area (Å²) in [6, 6.07) is 0. The molecule has 7 rings (SSSR count). The Morgan fingerprint density at radius 3 is 1.81 bits per heavy atom. The standard InChI is InChI=1S/C21H34/c1-6-13(2)21-12-19(4)7-14-16(21)9-18(3)10-17(21)15(8-19)20(14,5)11-18/h13-17H,6-12H2,1-5H3. The van der Waals surface area contributed by atoms with E-state index in [1.807, 2.05) is 0 Å². The second-order valence-corrected chi connectivity index (χ2v) is 11.1. The van der Waals surface area contributed by atoms with Crippen LogP contribution >= 0.6 is 0 Å². The zero-order valence-corrected chi connectivity index (χ0v) is 14.8. The molecule has 7 aliphatic rings. The maximum Gasteiger partial charge on any atom is -0.0204 e. The summed E-state index contributed by atoms with van der Waals surface area (Å²) in [6.07, 6.45) is 10.9. The maximum atomic E-state index is 2.73. The van der Waals surface area contributed by atoms with Gasteiger partial charge in [0.1, 0.15) is 0 Å². The van der Waals surface area contributed by atoms with Crippen LogP contribution < -0.4 is 0 Å². The third kappa shape index (κ3) is 1.25. The molecule has 0 heteroatoms. The fourth-order valence-corrected chi connectivity index (χ4v) is 9.68. The van der Waals surface area contributed by atoms with Crippen LogP contribution in [0.15, 0.2) is 0 Å². The Morgan fingerprint density at radius 2 is 1.29 bits per heavy atom. The van der Waals surface area contributed by atoms with Gasteiger partial charge in [0.05, 0.1) is 0 Å². The van der Waals surface area contributed by atoms with E-state index in [2.05, 4.69) is 34.6 Å². The summed E-state index contributed by atoms with van der Waals surface area (Å²) in [6.45, 7) is 13.1. The van der Waals surface area contributed by atoms with Crippen LogP contribution in [0.2, 0.25) is 0 Å².